The van der Waals surface area contributed by atoms with E-state index in [4.69, 9.17) is 4.74 Å². The van der Waals surface area contributed by atoms with Crippen molar-refractivity contribution in [3.8, 4) is 11.1 Å². The van der Waals surface area contributed by atoms with Crippen molar-refractivity contribution < 1.29 is 23.4 Å². The molecule has 0 saturated carbocycles. The summed E-state index contributed by atoms with van der Waals surface area (Å²) in [6.45, 7) is 3.77. The summed E-state index contributed by atoms with van der Waals surface area (Å²) >= 11 is 0. The van der Waals surface area contributed by atoms with Crippen LogP contribution < -0.4 is 15.6 Å². The molecular weight excluding hydrogens is 572 g/mol. The number of likely N-dealkylation sites (tertiary alicyclic amines) is 1. The molecule has 1 aromatic carbocycles. The molecule has 2 aliphatic heterocycles. The number of H-pyrrole nitrogens is 1. The van der Waals surface area contributed by atoms with Crippen molar-refractivity contribution in [2.45, 2.75) is 12.5 Å². The number of anilines is 2. The molecule has 5 aromatic rings. The summed E-state index contributed by atoms with van der Waals surface area (Å²) in [7, 11) is 4.95. The van der Waals surface area contributed by atoms with Crippen LogP contribution in [0.2, 0.25) is 0 Å². The van der Waals surface area contributed by atoms with Gasteiger partial charge in [-0.2, -0.15) is 0 Å². The van der Waals surface area contributed by atoms with Crippen LogP contribution in [0.15, 0.2) is 35.5 Å². The van der Waals surface area contributed by atoms with Crippen LogP contribution in [0.3, 0.4) is 0 Å². The van der Waals surface area contributed by atoms with Crippen LogP contribution in [-0.2, 0) is 11.8 Å². The van der Waals surface area contributed by atoms with Gasteiger partial charge in [0.15, 0.2) is 11.6 Å². The van der Waals surface area contributed by atoms with E-state index in [2.05, 4.69) is 30.1 Å². The lowest BCUT2D eigenvalue weighted by molar-refractivity contribution is 0.0695. The van der Waals surface area contributed by atoms with Crippen molar-refractivity contribution >= 4 is 50.3 Å². The van der Waals surface area contributed by atoms with Crippen LogP contribution in [0, 0.1) is 17.6 Å². The number of carbonyl (C=O) groups is 1. The molecular formula is C31H31F2N7O4. The molecule has 0 bridgehead atoms. The Morgan fingerprint density at radius 1 is 1.20 bits per heavy atom. The van der Waals surface area contributed by atoms with E-state index < -0.39 is 23.0 Å². The molecule has 2 aliphatic rings. The van der Waals surface area contributed by atoms with Gasteiger partial charge < -0.3 is 29.6 Å². The van der Waals surface area contributed by atoms with Crippen molar-refractivity contribution in [3.05, 3.63) is 58.1 Å². The first-order valence-electron chi connectivity index (χ1n) is 14.4. The van der Waals surface area contributed by atoms with Crippen molar-refractivity contribution in [3.63, 3.8) is 0 Å². The van der Waals surface area contributed by atoms with E-state index in [1.807, 2.05) is 0 Å². The van der Waals surface area contributed by atoms with Crippen LogP contribution in [0.1, 0.15) is 16.8 Å². The van der Waals surface area contributed by atoms with Gasteiger partial charge in [-0.3, -0.25) is 9.69 Å². The number of rotatable bonds is 7. The van der Waals surface area contributed by atoms with E-state index >= 15 is 8.78 Å². The van der Waals surface area contributed by atoms with Crippen LogP contribution in [0.4, 0.5) is 20.2 Å². The molecule has 0 radical (unpaired) electrons. The summed E-state index contributed by atoms with van der Waals surface area (Å²) in [6, 6.07) is 2.83. The zero-order valence-electron chi connectivity index (χ0n) is 24.4. The third kappa shape index (κ3) is 4.21. The van der Waals surface area contributed by atoms with Gasteiger partial charge in [0, 0.05) is 89.2 Å². The topological polar surface area (TPSA) is 129 Å². The molecule has 6 heterocycles. The third-order valence-electron chi connectivity index (χ3n) is 9.11. The second kappa shape index (κ2) is 10.5. The van der Waals surface area contributed by atoms with Crippen molar-refractivity contribution in [1.29, 1.82) is 0 Å². The number of carboxylic acids is 1. The number of hydrogen-bond donors (Lipinski definition) is 3. The van der Waals surface area contributed by atoms with E-state index in [-0.39, 0.29) is 22.4 Å². The van der Waals surface area contributed by atoms with E-state index in [0.717, 1.165) is 32.1 Å². The van der Waals surface area contributed by atoms with Gasteiger partial charge in [-0.05, 0) is 18.4 Å². The number of aromatic amines is 1. The highest BCUT2D eigenvalue weighted by Gasteiger charge is 2.43. The minimum atomic E-state index is -1.33. The van der Waals surface area contributed by atoms with Gasteiger partial charge in [0.25, 0.3) is 0 Å². The van der Waals surface area contributed by atoms with Gasteiger partial charge in [0.1, 0.15) is 16.9 Å². The molecule has 4 aromatic heterocycles. The number of fused-ring (bicyclic) bond motifs is 5. The lowest BCUT2D eigenvalue weighted by Gasteiger charge is -2.30. The number of nitrogens with one attached hydrogen (secondary N) is 2. The number of pyridine rings is 3. The van der Waals surface area contributed by atoms with E-state index in [1.54, 1.807) is 39.7 Å². The smallest absolute Gasteiger partial charge is 0.341 e. The van der Waals surface area contributed by atoms with Gasteiger partial charge in [-0.1, -0.05) is 0 Å². The minimum absolute atomic E-state index is 0.0872. The highest BCUT2D eigenvalue weighted by atomic mass is 19.2. The Hall–Kier alpha value is -4.62. The molecule has 0 aliphatic carbocycles. The maximum Gasteiger partial charge on any atom is 0.341 e. The lowest BCUT2D eigenvalue weighted by Crippen LogP contribution is -2.36. The fourth-order valence-corrected chi connectivity index (χ4v) is 7.04. The number of methoxy groups -OCH3 is 1. The van der Waals surface area contributed by atoms with E-state index in [0.29, 0.717) is 63.8 Å². The largest absolute Gasteiger partial charge is 0.477 e. The number of carboxylic acid groups (broad SMARTS) is 1. The molecule has 7 rings (SSSR count). The molecule has 0 amide bonds. The molecule has 0 unspecified atom stereocenters. The van der Waals surface area contributed by atoms with Crippen molar-refractivity contribution in [1.82, 2.24) is 24.4 Å². The molecule has 228 valence electrons. The number of benzene rings is 1. The normalized spacial score (nSPS) is 18.6. The lowest BCUT2D eigenvalue weighted by atomic mass is 9.99. The van der Waals surface area contributed by atoms with Crippen LogP contribution in [0.25, 0.3) is 44.1 Å². The summed E-state index contributed by atoms with van der Waals surface area (Å²) in [5, 5.41) is 13.2. The molecule has 2 atom stereocenters. The first-order chi connectivity index (χ1) is 21.2. The number of aryl methyl sites for hydroxylation is 1. The predicted octanol–water partition coefficient (Wildman–Crippen LogP) is 3.81. The van der Waals surface area contributed by atoms with Gasteiger partial charge in [0.2, 0.25) is 5.43 Å². The van der Waals surface area contributed by atoms with Crippen LogP contribution in [-0.4, -0.2) is 88.5 Å². The molecule has 13 heteroatoms. The fraction of sp³-hybridized carbons (Fsp3) is 0.355. The zero-order valence-corrected chi connectivity index (χ0v) is 24.4. The maximum atomic E-state index is 15.8. The second-order valence-corrected chi connectivity index (χ2v) is 11.5. The monoisotopic (exact) mass is 603 g/mol. The summed E-state index contributed by atoms with van der Waals surface area (Å²) in [5.41, 5.74) is 2.26. The van der Waals surface area contributed by atoms with Crippen LogP contribution >= 0.6 is 0 Å². The number of nitrogens with zero attached hydrogens (tertiary/aromatic N) is 5. The molecule has 2 fully saturated rings. The van der Waals surface area contributed by atoms with E-state index in [9.17, 15) is 14.7 Å². The number of halogens is 2. The molecule has 44 heavy (non-hydrogen) atoms. The Balaban J connectivity index is 1.51. The highest BCUT2D eigenvalue weighted by Crippen LogP contribution is 2.47. The quantitative estimate of drug-likeness (QED) is 0.254. The molecule has 11 nitrogen and oxygen atoms in total. The van der Waals surface area contributed by atoms with Crippen molar-refractivity contribution in [2.75, 3.05) is 57.2 Å². The average molecular weight is 604 g/mol. The van der Waals surface area contributed by atoms with Gasteiger partial charge >= 0.3 is 5.97 Å². The summed E-state index contributed by atoms with van der Waals surface area (Å²) in [6.07, 6.45) is 5.42. The number of hydrogen-bond acceptors (Lipinski definition) is 8. The zero-order chi connectivity index (χ0) is 30.9. The third-order valence-corrected chi connectivity index (χ3v) is 9.11. The molecule has 0 spiro atoms. The van der Waals surface area contributed by atoms with Gasteiger partial charge in [0.05, 0.1) is 39.7 Å². The average Bonchev–Trinajstić information content (AvgIpc) is 3.72. The maximum absolute atomic E-state index is 15.8. The Kier molecular flexibility index (Phi) is 6.74. The first-order valence-corrected chi connectivity index (χ1v) is 14.4. The highest BCUT2D eigenvalue weighted by molar-refractivity contribution is 6.18. The van der Waals surface area contributed by atoms with Gasteiger partial charge in [-0.25, -0.2) is 23.5 Å². The first kappa shape index (κ1) is 28.2. The standard InChI is InChI=1S/C31H31F2N7O4/c1-34-21-9-20(32)25(33)23-24-27(40-5-4-15-12-39(6-7-44-3)14-22(15)40)18(11-35-29(24)37-26(21)23)16-8-17-28(41)19(31(42)43)13-38(2)30(17)36-10-16/h8-11,13,15,22,34H,4-7,12,14H2,1-3H3,(H,35,37)(H,42,43)/t15-,22+/m0/s1. The summed E-state index contributed by atoms with van der Waals surface area (Å²) in [5.74, 6) is -2.93. The Labute approximate surface area is 250 Å². The van der Waals surface area contributed by atoms with Crippen LogP contribution in [0.5, 0.6) is 0 Å². The molecule has 2 saturated heterocycles. The number of aromatic nitrogens is 4. The Bertz CT molecular complexity index is 2040. The number of aromatic carboxylic acids is 1. The van der Waals surface area contributed by atoms with E-state index in [1.165, 1.54) is 10.8 Å². The summed E-state index contributed by atoms with van der Waals surface area (Å²) in [4.78, 5) is 42.0. The Morgan fingerprint density at radius 3 is 2.77 bits per heavy atom. The SMILES string of the molecule is CNc1cc(F)c(F)c2c1[nH]c1ncc(-c3cnc4c(c3)c(=O)c(C(=O)O)cn4C)c(N3CC[C@H]4CN(CCOC)C[C@H]43)c12. The predicted molar refractivity (Wildman–Crippen MR) is 164 cm³/mol. The fourth-order valence-electron chi connectivity index (χ4n) is 7.04. The molecule has 3 N–H and O–H groups in total. The van der Waals surface area contributed by atoms with Crippen molar-refractivity contribution in [2.24, 2.45) is 13.0 Å². The summed E-state index contributed by atoms with van der Waals surface area (Å²) < 4.78 is 37.6. The minimum Gasteiger partial charge on any atom is -0.477 e. The number of ether oxygens (including phenoxy) is 1. The van der Waals surface area contributed by atoms with Gasteiger partial charge in [-0.15, -0.1) is 0 Å². The second-order valence-electron chi connectivity index (χ2n) is 11.5. The Morgan fingerprint density at radius 2 is 2.02 bits per heavy atom.